The van der Waals surface area contributed by atoms with Crippen molar-refractivity contribution in [2.45, 2.75) is 10.1 Å². The Labute approximate surface area is 89.4 Å². The van der Waals surface area contributed by atoms with E-state index in [1.807, 2.05) is 0 Å². The van der Waals surface area contributed by atoms with Crippen LogP contribution in [0.1, 0.15) is 0 Å². The van der Waals surface area contributed by atoms with Crippen LogP contribution in [-0.2, 0) is 0 Å². The molecule has 2 nitrogen and oxygen atoms in total. The lowest BCUT2D eigenvalue weighted by Crippen LogP contribution is -2.47. The van der Waals surface area contributed by atoms with Crippen LogP contribution in [0.5, 0.6) is 0 Å². The highest BCUT2D eigenvalue weighted by Crippen LogP contribution is 2.39. The van der Waals surface area contributed by atoms with Gasteiger partial charge < -0.3 is 0 Å². The Morgan fingerprint density at radius 3 is 2.27 bits per heavy atom. The molecule has 0 aromatic heterocycles. The number of alkyl halides is 3. The van der Waals surface area contributed by atoms with E-state index in [4.69, 9.17) is 58.4 Å². The van der Waals surface area contributed by atoms with Gasteiger partial charge in [0.1, 0.15) is 5.50 Å². The molecule has 1 unspecified atom stereocenters. The van der Waals surface area contributed by atoms with E-state index in [2.05, 4.69) is 0 Å². The summed E-state index contributed by atoms with van der Waals surface area (Å²) in [6, 6.07) is 0. The number of rotatable bonds is 0. The lowest BCUT2D eigenvalue weighted by atomic mass is 10.5. The summed E-state index contributed by atoms with van der Waals surface area (Å²) in [7, 11) is 0. The van der Waals surface area contributed by atoms with E-state index < -0.39 is 10.1 Å². The lowest BCUT2D eigenvalue weighted by molar-refractivity contribution is 0.258. The number of nitrogens with zero attached hydrogens (tertiary/aromatic N) is 2. The third kappa shape index (κ3) is 1.82. The topological polar surface area (TPSA) is 6.48 Å². The molecule has 7 heteroatoms. The van der Waals surface area contributed by atoms with Crippen molar-refractivity contribution in [3.8, 4) is 0 Å². The minimum absolute atomic E-state index is 0.568. The van der Waals surface area contributed by atoms with E-state index in [9.17, 15) is 0 Å². The van der Waals surface area contributed by atoms with Crippen molar-refractivity contribution < 1.29 is 0 Å². The quantitative estimate of drug-likeness (QED) is 0.373. The van der Waals surface area contributed by atoms with Crippen molar-refractivity contribution in [3.05, 3.63) is 12.3 Å². The second kappa shape index (κ2) is 3.36. The first-order valence-electron chi connectivity index (χ1n) is 2.56. The van der Waals surface area contributed by atoms with E-state index in [1.54, 1.807) is 6.08 Å². The summed E-state index contributed by atoms with van der Waals surface area (Å²) < 4.78 is 0.497. The third-order valence-electron chi connectivity index (χ3n) is 1.11. The Morgan fingerprint density at radius 2 is 1.82 bits per heavy atom. The SMILES string of the molecule is ClC1C=CN(Cl)C(Cl)(Cl)N1Cl. The second-order valence-electron chi connectivity index (χ2n) is 1.85. The smallest absolute Gasteiger partial charge is 0.244 e. The maximum absolute atomic E-state index is 5.69. The summed E-state index contributed by atoms with van der Waals surface area (Å²) in [5, 5.41) is 0. The van der Waals surface area contributed by atoms with Gasteiger partial charge in [0.15, 0.2) is 0 Å². The summed E-state index contributed by atoms with van der Waals surface area (Å²) in [6.07, 6.45) is 2.99. The van der Waals surface area contributed by atoms with Gasteiger partial charge in [0, 0.05) is 18.0 Å². The summed E-state index contributed by atoms with van der Waals surface area (Å²) in [4.78, 5) is 0. The summed E-state index contributed by atoms with van der Waals surface area (Å²) in [6.45, 7) is 0. The Kier molecular flexibility index (Phi) is 3.07. The van der Waals surface area contributed by atoms with Gasteiger partial charge in [0.2, 0.25) is 0 Å². The fourth-order valence-electron chi connectivity index (χ4n) is 0.551. The van der Waals surface area contributed by atoms with Crippen LogP contribution in [0.25, 0.3) is 0 Å². The van der Waals surface area contributed by atoms with Gasteiger partial charge in [-0.15, -0.1) is 4.42 Å². The first-order chi connectivity index (χ1) is 4.96. The van der Waals surface area contributed by atoms with Crippen molar-refractivity contribution in [2.75, 3.05) is 0 Å². The van der Waals surface area contributed by atoms with Crippen LogP contribution in [0.15, 0.2) is 12.3 Å². The molecule has 0 radical (unpaired) electrons. The molecule has 1 rings (SSSR count). The van der Waals surface area contributed by atoms with Gasteiger partial charge in [-0.05, 0) is 17.9 Å². The Morgan fingerprint density at radius 1 is 1.27 bits per heavy atom. The normalized spacial score (nSPS) is 31.0. The number of halogens is 5. The first-order valence-corrected chi connectivity index (χ1v) is 4.43. The standard InChI is InChI=1S/C4H3Cl5N2/c5-3-1-2-10(8)4(6,7)11(3)9/h1-3H. The minimum atomic E-state index is -1.51. The largest absolute Gasteiger partial charge is 0.278 e. The molecule has 0 bridgehead atoms. The van der Waals surface area contributed by atoms with Gasteiger partial charge in [0.05, 0.1) is 0 Å². The predicted molar refractivity (Wildman–Crippen MR) is 48.6 cm³/mol. The predicted octanol–water partition coefficient (Wildman–Crippen LogP) is 3.08. The molecule has 1 heterocycles. The average molecular weight is 256 g/mol. The second-order valence-corrected chi connectivity index (χ2v) is 4.27. The molecule has 0 saturated heterocycles. The summed E-state index contributed by atoms with van der Waals surface area (Å²) >= 11 is 28.2. The molecule has 1 atom stereocenters. The third-order valence-corrected chi connectivity index (χ3v) is 3.43. The highest BCUT2D eigenvalue weighted by Gasteiger charge is 2.42. The van der Waals surface area contributed by atoms with Gasteiger partial charge >= 0.3 is 0 Å². The molecule has 0 aromatic carbocycles. The van der Waals surface area contributed by atoms with E-state index in [1.165, 1.54) is 6.20 Å². The van der Waals surface area contributed by atoms with Gasteiger partial charge in [0.25, 0.3) is 4.58 Å². The van der Waals surface area contributed by atoms with Crippen LogP contribution >= 0.6 is 58.4 Å². The van der Waals surface area contributed by atoms with Crippen LogP contribution in [0.2, 0.25) is 0 Å². The van der Waals surface area contributed by atoms with Crippen molar-refractivity contribution in [2.24, 2.45) is 0 Å². The Balaban J connectivity index is 2.88. The van der Waals surface area contributed by atoms with Crippen LogP contribution < -0.4 is 0 Å². The van der Waals surface area contributed by atoms with Crippen LogP contribution in [0.3, 0.4) is 0 Å². The van der Waals surface area contributed by atoms with E-state index in [0.717, 1.165) is 8.84 Å². The molecule has 1 aliphatic heterocycles. The van der Waals surface area contributed by atoms with Gasteiger partial charge in [-0.3, -0.25) is 0 Å². The molecule has 64 valence electrons. The van der Waals surface area contributed by atoms with Crippen LogP contribution in [-0.4, -0.2) is 18.9 Å². The summed E-state index contributed by atoms with van der Waals surface area (Å²) in [5.74, 6) is 0. The molecule has 0 fully saturated rings. The van der Waals surface area contributed by atoms with Crippen molar-refractivity contribution in [1.29, 1.82) is 0 Å². The molecule has 0 aliphatic carbocycles. The van der Waals surface area contributed by atoms with Gasteiger partial charge in [-0.2, -0.15) is 0 Å². The van der Waals surface area contributed by atoms with Crippen molar-refractivity contribution >= 4 is 58.4 Å². The van der Waals surface area contributed by atoms with E-state index in [0.29, 0.717) is 0 Å². The molecular formula is C4H3Cl5N2. The number of hydrogen-bond donors (Lipinski definition) is 0. The molecule has 0 spiro atoms. The highest BCUT2D eigenvalue weighted by molar-refractivity contribution is 6.52. The monoisotopic (exact) mass is 254 g/mol. The Hall–Kier alpha value is 0.950. The molecule has 1 aliphatic rings. The van der Waals surface area contributed by atoms with Crippen LogP contribution in [0.4, 0.5) is 0 Å². The van der Waals surface area contributed by atoms with Crippen molar-refractivity contribution in [1.82, 2.24) is 8.84 Å². The van der Waals surface area contributed by atoms with E-state index in [-0.39, 0.29) is 0 Å². The lowest BCUT2D eigenvalue weighted by Gasteiger charge is -2.37. The molecule has 0 saturated carbocycles. The molecular weight excluding hydrogens is 253 g/mol. The fourth-order valence-corrected chi connectivity index (χ4v) is 1.51. The maximum Gasteiger partial charge on any atom is 0.278 e. The van der Waals surface area contributed by atoms with E-state index >= 15 is 0 Å². The number of hydrogen-bond acceptors (Lipinski definition) is 2. The van der Waals surface area contributed by atoms with Crippen molar-refractivity contribution in [3.63, 3.8) is 0 Å². The first kappa shape index (κ1) is 10.0. The maximum atomic E-state index is 5.69. The minimum Gasteiger partial charge on any atom is -0.244 e. The Bertz CT molecular complexity index is 181. The molecule has 0 N–H and O–H groups in total. The van der Waals surface area contributed by atoms with Gasteiger partial charge in [-0.1, -0.05) is 34.8 Å². The zero-order valence-corrected chi connectivity index (χ0v) is 8.80. The average Bonchev–Trinajstić information content (AvgIpc) is 1.95. The van der Waals surface area contributed by atoms with Crippen LogP contribution in [0, 0.1) is 0 Å². The highest BCUT2D eigenvalue weighted by atomic mass is 35.5. The summed E-state index contributed by atoms with van der Waals surface area (Å²) in [5.41, 5.74) is -0.568. The fraction of sp³-hybridized carbons (Fsp3) is 0.500. The zero-order chi connectivity index (χ0) is 8.65. The van der Waals surface area contributed by atoms with Gasteiger partial charge in [-0.25, -0.2) is 4.42 Å². The molecule has 0 aromatic rings. The molecule has 0 amide bonds. The molecule has 11 heavy (non-hydrogen) atoms. The zero-order valence-electron chi connectivity index (χ0n) is 5.02.